The first-order valence-electron chi connectivity index (χ1n) is 9.16. The molecule has 7 heteroatoms. The predicted octanol–water partition coefficient (Wildman–Crippen LogP) is 3.10. The number of likely N-dealkylation sites (tertiary alicyclic amines) is 1. The van der Waals surface area contributed by atoms with Crippen molar-refractivity contribution >= 4 is 17.3 Å². The number of amides is 1. The molecule has 2 saturated heterocycles. The van der Waals surface area contributed by atoms with Crippen LogP contribution in [0, 0.1) is 10.1 Å². The molecule has 0 bridgehead atoms. The van der Waals surface area contributed by atoms with Crippen molar-refractivity contribution in [3.05, 3.63) is 64.2 Å². The molecule has 2 aliphatic heterocycles. The van der Waals surface area contributed by atoms with Gasteiger partial charge in [0.05, 0.1) is 29.3 Å². The summed E-state index contributed by atoms with van der Waals surface area (Å²) in [6, 6.07) is 14.1. The van der Waals surface area contributed by atoms with Gasteiger partial charge < -0.3 is 14.5 Å². The molecule has 4 rings (SSSR count). The standard InChI is InChI=1S/C20H21N3O4/c24-20(22-13-17(14-22)27-16-6-2-1-3-7-16)18-12-15(23(25)26)8-9-19(18)21-10-4-5-11-21/h1-3,6-9,12,17H,4-5,10-11,13-14H2. The van der Waals surface area contributed by atoms with Crippen molar-refractivity contribution in [2.75, 3.05) is 31.1 Å². The number of nitrogens with zero attached hydrogens (tertiary/aromatic N) is 3. The molecule has 2 aliphatic rings. The highest BCUT2D eigenvalue weighted by Gasteiger charge is 2.35. The van der Waals surface area contributed by atoms with Crippen molar-refractivity contribution in [3.63, 3.8) is 0 Å². The number of carbonyl (C=O) groups excluding carboxylic acids is 1. The molecule has 0 radical (unpaired) electrons. The monoisotopic (exact) mass is 367 g/mol. The van der Waals surface area contributed by atoms with E-state index in [2.05, 4.69) is 4.90 Å². The zero-order chi connectivity index (χ0) is 18.8. The van der Waals surface area contributed by atoms with E-state index in [1.807, 2.05) is 30.3 Å². The van der Waals surface area contributed by atoms with Crippen LogP contribution in [0.5, 0.6) is 5.75 Å². The summed E-state index contributed by atoms with van der Waals surface area (Å²) in [6.45, 7) is 2.71. The molecule has 2 fully saturated rings. The van der Waals surface area contributed by atoms with Crippen LogP contribution >= 0.6 is 0 Å². The summed E-state index contributed by atoms with van der Waals surface area (Å²) in [5, 5.41) is 11.2. The van der Waals surface area contributed by atoms with Crippen LogP contribution in [0.15, 0.2) is 48.5 Å². The number of nitro benzene ring substituents is 1. The first-order valence-corrected chi connectivity index (χ1v) is 9.16. The molecule has 0 unspecified atom stereocenters. The summed E-state index contributed by atoms with van der Waals surface area (Å²) in [5.74, 6) is 0.608. The van der Waals surface area contributed by atoms with Gasteiger partial charge in [-0.1, -0.05) is 18.2 Å². The summed E-state index contributed by atoms with van der Waals surface area (Å²) in [4.78, 5) is 27.5. The topological polar surface area (TPSA) is 75.9 Å². The minimum absolute atomic E-state index is 0.0507. The van der Waals surface area contributed by atoms with E-state index in [-0.39, 0.29) is 17.7 Å². The van der Waals surface area contributed by atoms with Gasteiger partial charge in [0, 0.05) is 25.2 Å². The number of anilines is 1. The Morgan fingerprint density at radius 1 is 1.07 bits per heavy atom. The van der Waals surface area contributed by atoms with E-state index >= 15 is 0 Å². The smallest absolute Gasteiger partial charge is 0.270 e. The normalized spacial score (nSPS) is 16.9. The summed E-state index contributed by atoms with van der Waals surface area (Å²) in [7, 11) is 0. The van der Waals surface area contributed by atoms with E-state index in [0.29, 0.717) is 18.7 Å². The van der Waals surface area contributed by atoms with Crippen molar-refractivity contribution in [1.82, 2.24) is 4.90 Å². The lowest BCUT2D eigenvalue weighted by Crippen LogP contribution is -2.56. The Hall–Kier alpha value is -3.09. The van der Waals surface area contributed by atoms with Crippen molar-refractivity contribution in [2.45, 2.75) is 18.9 Å². The lowest BCUT2D eigenvalue weighted by Gasteiger charge is -2.39. The van der Waals surface area contributed by atoms with Crippen LogP contribution in [0.4, 0.5) is 11.4 Å². The van der Waals surface area contributed by atoms with Crippen molar-refractivity contribution < 1.29 is 14.5 Å². The number of non-ortho nitro benzene ring substituents is 1. The second kappa shape index (κ2) is 7.26. The first kappa shape index (κ1) is 17.3. The van der Waals surface area contributed by atoms with Crippen LogP contribution in [0.3, 0.4) is 0 Å². The largest absolute Gasteiger partial charge is 0.487 e. The fourth-order valence-corrected chi connectivity index (χ4v) is 3.58. The molecule has 0 aromatic heterocycles. The predicted molar refractivity (Wildman–Crippen MR) is 101 cm³/mol. The molecule has 0 N–H and O–H groups in total. The molecule has 0 atom stereocenters. The Morgan fingerprint density at radius 2 is 1.78 bits per heavy atom. The fourth-order valence-electron chi connectivity index (χ4n) is 3.58. The van der Waals surface area contributed by atoms with Crippen LogP contribution in [-0.2, 0) is 0 Å². The number of benzene rings is 2. The molecular formula is C20H21N3O4. The van der Waals surface area contributed by atoms with Gasteiger partial charge in [-0.05, 0) is 31.0 Å². The molecule has 0 aliphatic carbocycles. The molecule has 140 valence electrons. The van der Waals surface area contributed by atoms with Gasteiger partial charge in [0.2, 0.25) is 0 Å². The minimum Gasteiger partial charge on any atom is -0.487 e. The highest BCUT2D eigenvalue weighted by Crippen LogP contribution is 2.31. The highest BCUT2D eigenvalue weighted by atomic mass is 16.6. The second-order valence-electron chi connectivity index (χ2n) is 6.92. The van der Waals surface area contributed by atoms with Gasteiger partial charge in [0.1, 0.15) is 11.9 Å². The number of para-hydroxylation sites is 1. The third-order valence-electron chi connectivity index (χ3n) is 5.05. The summed E-state index contributed by atoms with van der Waals surface area (Å²) in [6.07, 6.45) is 2.09. The molecule has 27 heavy (non-hydrogen) atoms. The second-order valence-corrected chi connectivity index (χ2v) is 6.92. The molecular weight excluding hydrogens is 346 g/mol. The van der Waals surface area contributed by atoms with Crippen LogP contribution < -0.4 is 9.64 Å². The van der Waals surface area contributed by atoms with E-state index in [0.717, 1.165) is 37.4 Å². The van der Waals surface area contributed by atoms with Crippen LogP contribution in [0.2, 0.25) is 0 Å². The van der Waals surface area contributed by atoms with Crippen molar-refractivity contribution in [1.29, 1.82) is 0 Å². The Morgan fingerprint density at radius 3 is 2.44 bits per heavy atom. The molecule has 0 saturated carbocycles. The molecule has 7 nitrogen and oxygen atoms in total. The number of hydrogen-bond acceptors (Lipinski definition) is 5. The maximum Gasteiger partial charge on any atom is 0.270 e. The van der Waals surface area contributed by atoms with Gasteiger partial charge in [-0.25, -0.2) is 0 Å². The van der Waals surface area contributed by atoms with Gasteiger partial charge in [0.25, 0.3) is 11.6 Å². The van der Waals surface area contributed by atoms with Gasteiger partial charge in [-0.3, -0.25) is 14.9 Å². The van der Waals surface area contributed by atoms with E-state index in [1.54, 1.807) is 11.0 Å². The summed E-state index contributed by atoms with van der Waals surface area (Å²) < 4.78 is 5.85. The number of hydrogen-bond donors (Lipinski definition) is 0. The molecule has 2 aromatic carbocycles. The Labute approximate surface area is 157 Å². The zero-order valence-electron chi connectivity index (χ0n) is 14.9. The van der Waals surface area contributed by atoms with Gasteiger partial charge >= 0.3 is 0 Å². The van der Waals surface area contributed by atoms with Crippen molar-refractivity contribution in [3.8, 4) is 5.75 Å². The molecule has 2 heterocycles. The minimum atomic E-state index is -0.456. The highest BCUT2D eigenvalue weighted by molar-refractivity contribution is 6.01. The molecule has 1 amide bonds. The Balaban J connectivity index is 1.49. The van der Waals surface area contributed by atoms with Crippen molar-refractivity contribution in [2.24, 2.45) is 0 Å². The van der Waals surface area contributed by atoms with Gasteiger partial charge in [-0.15, -0.1) is 0 Å². The number of nitro groups is 1. The third kappa shape index (κ3) is 3.58. The van der Waals surface area contributed by atoms with Gasteiger partial charge in [0.15, 0.2) is 0 Å². The zero-order valence-corrected chi connectivity index (χ0v) is 14.9. The quantitative estimate of drug-likeness (QED) is 0.600. The fraction of sp³-hybridized carbons (Fsp3) is 0.350. The Kier molecular flexibility index (Phi) is 4.66. The van der Waals surface area contributed by atoms with E-state index in [4.69, 9.17) is 4.74 Å². The SMILES string of the molecule is O=C(c1cc([N+](=O)[O-])ccc1N1CCCC1)N1CC(Oc2ccccc2)C1. The first-order chi connectivity index (χ1) is 13.1. The van der Waals surface area contributed by atoms with Crippen LogP contribution in [-0.4, -0.2) is 48.0 Å². The van der Waals surface area contributed by atoms with E-state index < -0.39 is 4.92 Å². The number of ether oxygens (including phenoxy) is 1. The lowest BCUT2D eigenvalue weighted by atomic mass is 10.1. The maximum atomic E-state index is 13.0. The van der Waals surface area contributed by atoms with Crippen LogP contribution in [0.25, 0.3) is 0 Å². The average molecular weight is 367 g/mol. The maximum absolute atomic E-state index is 13.0. The van der Waals surface area contributed by atoms with E-state index in [1.165, 1.54) is 12.1 Å². The number of carbonyl (C=O) groups is 1. The lowest BCUT2D eigenvalue weighted by molar-refractivity contribution is -0.384. The summed E-state index contributed by atoms with van der Waals surface area (Å²) in [5.41, 5.74) is 1.14. The molecule has 2 aromatic rings. The molecule has 0 spiro atoms. The van der Waals surface area contributed by atoms with Gasteiger partial charge in [-0.2, -0.15) is 0 Å². The summed E-state index contributed by atoms with van der Waals surface area (Å²) >= 11 is 0. The van der Waals surface area contributed by atoms with E-state index in [9.17, 15) is 14.9 Å². The average Bonchev–Trinajstić information content (AvgIpc) is 3.18. The van der Waals surface area contributed by atoms with Crippen LogP contribution in [0.1, 0.15) is 23.2 Å². The number of rotatable bonds is 5. The third-order valence-corrected chi connectivity index (χ3v) is 5.05. The Bertz CT molecular complexity index is 844.